The van der Waals surface area contributed by atoms with Crippen LogP contribution in [-0.2, 0) is 0 Å². The first-order chi connectivity index (χ1) is 11.1. The smallest absolute Gasteiger partial charge is 0.231 e. The molecule has 1 aliphatic carbocycles. The molecular formula is C18H24BrN3O. The molecule has 2 aromatic heterocycles. The summed E-state index contributed by atoms with van der Waals surface area (Å²) in [7, 11) is 0. The zero-order chi connectivity index (χ0) is 17.0. The SMILES string of the molecule is CC.Cc1ccc(C2C(COc3nc(C)ncc3Br)[C@H]2C)nc1. The second kappa shape index (κ2) is 7.86. The van der Waals surface area contributed by atoms with Crippen LogP contribution in [0, 0.1) is 25.7 Å². The van der Waals surface area contributed by atoms with Crippen LogP contribution in [0.3, 0.4) is 0 Å². The molecule has 0 radical (unpaired) electrons. The van der Waals surface area contributed by atoms with Gasteiger partial charge in [-0.1, -0.05) is 26.8 Å². The number of halogens is 1. The fourth-order valence-corrected chi connectivity index (χ4v) is 2.98. The number of hydrogen-bond acceptors (Lipinski definition) is 4. The van der Waals surface area contributed by atoms with Gasteiger partial charge in [0.05, 0.1) is 11.1 Å². The van der Waals surface area contributed by atoms with Crippen molar-refractivity contribution in [3.05, 3.63) is 46.1 Å². The van der Waals surface area contributed by atoms with E-state index in [0.29, 0.717) is 36.1 Å². The maximum Gasteiger partial charge on any atom is 0.231 e. The molecule has 3 rings (SSSR count). The van der Waals surface area contributed by atoms with Gasteiger partial charge in [-0.05, 0) is 47.3 Å². The molecule has 3 atom stereocenters. The molecule has 0 aliphatic heterocycles. The molecule has 2 aromatic rings. The van der Waals surface area contributed by atoms with Crippen molar-refractivity contribution in [2.24, 2.45) is 11.8 Å². The van der Waals surface area contributed by atoms with E-state index in [0.717, 1.165) is 4.47 Å². The topological polar surface area (TPSA) is 47.9 Å². The summed E-state index contributed by atoms with van der Waals surface area (Å²) >= 11 is 3.42. The number of ether oxygens (including phenoxy) is 1. The molecular weight excluding hydrogens is 354 g/mol. The van der Waals surface area contributed by atoms with Gasteiger partial charge in [-0.2, -0.15) is 4.98 Å². The van der Waals surface area contributed by atoms with Gasteiger partial charge in [0.15, 0.2) is 0 Å². The Morgan fingerprint density at radius 3 is 2.52 bits per heavy atom. The molecule has 124 valence electrons. The highest BCUT2D eigenvalue weighted by molar-refractivity contribution is 9.10. The van der Waals surface area contributed by atoms with Crippen LogP contribution in [-0.4, -0.2) is 21.6 Å². The minimum atomic E-state index is 0.493. The van der Waals surface area contributed by atoms with E-state index in [9.17, 15) is 0 Å². The van der Waals surface area contributed by atoms with E-state index < -0.39 is 0 Å². The number of nitrogens with zero attached hydrogens (tertiary/aromatic N) is 3. The van der Waals surface area contributed by atoms with E-state index >= 15 is 0 Å². The minimum Gasteiger partial charge on any atom is -0.476 e. The molecule has 23 heavy (non-hydrogen) atoms. The molecule has 0 saturated heterocycles. The number of aromatic nitrogens is 3. The summed E-state index contributed by atoms with van der Waals surface area (Å²) in [5.41, 5.74) is 2.36. The van der Waals surface area contributed by atoms with Crippen LogP contribution in [0.4, 0.5) is 0 Å². The third-order valence-corrected chi connectivity index (χ3v) is 4.63. The van der Waals surface area contributed by atoms with Crippen molar-refractivity contribution < 1.29 is 4.74 Å². The van der Waals surface area contributed by atoms with Crippen molar-refractivity contribution in [1.82, 2.24) is 15.0 Å². The Kier molecular flexibility index (Phi) is 6.10. The Labute approximate surface area is 146 Å². The van der Waals surface area contributed by atoms with Crippen molar-refractivity contribution in [3.8, 4) is 5.88 Å². The lowest BCUT2D eigenvalue weighted by atomic mass is 10.2. The summed E-state index contributed by atoms with van der Waals surface area (Å²) in [5, 5.41) is 0. The Balaban J connectivity index is 0.000000924. The van der Waals surface area contributed by atoms with Crippen LogP contribution >= 0.6 is 15.9 Å². The number of rotatable bonds is 4. The Morgan fingerprint density at radius 2 is 1.87 bits per heavy atom. The first kappa shape index (κ1) is 17.9. The van der Waals surface area contributed by atoms with Gasteiger partial charge >= 0.3 is 0 Å². The number of aryl methyl sites for hydroxylation is 2. The molecule has 0 bridgehead atoms. The van der Waals surface area contributed by atoms with Crippen molar-refractivity contribution >= 4 is 15.9 Å². The van der Waals surface area contributed by atoms with Crippen molar-refractivity contribution in [2.75, 3.05) is 6.61 Å². The van der Waals surface area contributed by atoms with E-state index in [1.807, 2.05) is 27.0 Å². The van der Waals surface area contributed by atoms with Gasteiger partial charge in [0.2, 0.25) is 5.88 Å². The minimum absolute atomic E-state index is 0.493. The molecule has 1 fully saturated rings. The lowest BCUT2D eigenvalue weighted by molar-refractivity contribution is 0.277. The van der Waals surface area contributed by atoms with Gasteiger partial charge in [-0.25, -0.2) is 4.98 Å². The predicted molar refractivity (Wildman–Crippen MR) is 95.7 cm³/mol. The van der Waals surface area contributed by atoms with Gasteiger partial charge in [0.1, 0.15) is 5.82 Å². The van der Waals surface area contributed by atoms with Crippen LogP contribution < -0.4 is 4.74 Å². The monoisotopic (exact) mass is 377 g/mol. The zero-order valence-corrected chi connectivity index (χ0v) is 16.0. The van der Waals surface area contributed by atoms with Crippen molar-refractivity contribution in [2.45, 2.75) is 40.5 Å². The lowest BCUT2D eigenvalue weighted by Gasteiger charge is -2.07. The standard InChI is InChI=1S/C16H18BrN3O.C2H6/c1-9-4-5-14(19-6-9)15-10(2)12(15)8-21-16-13(17)7-18-11(3)20-16;1-2/h4-7,10,12,15H,8H2,1-3H3;1-2H3/t10-,12?,15?;/m1./s1. The first-order valence-corrected chi connectivity index (χ1v) is 8.90. The second-order valence-electron chi connectivity index (χ2n) is 5.69. The average Bonchev–Trinajstić information content (AvgIpc) is 3.21. The molecule has 0 amide bonds. The molecule has 5 heteroatoms. The Bertz CT molecular complexity index is 645. The fourth-order valence-electron chi connectivity index (χ4n) is 2.68. The molecule has 4 nitrogen and oxygen atoms in total. The van der Waals surface area contributed by atoms with Gasteiger partial charge in [0, 0.05) is 29.9 Å². The van der Waals surface area contributed by atoms with Crippen molar-refractivity contribution in [1.29, 1.82) is 0 Å². The summed E-state index contributed by atoms with van der Waals surface area (Å²) in [4.78, 5) is 13.0. The summed E-state index contributed by atoms with van der Waals surface area (Å²) in [6.07, 6.45) is 3.66. The van der Waals surface area contributed by atoms with Crippen molar-refractivity contribution in [3.63, 3.8) is 0 Å². The summed E-state index contributed by atoms with van der Waals surface area (Å²) in [5.74, 6) is 2.93. The second-order valence-corrected chi connectivity index (χ2v) is 6.54. The highest BCUT2D eigenvalue weighted by atomic mass is 79.9. The summed E-state index contributed by atoms with van der Waals surface area (Å²) < 4.78 is 6.66. The number of hydrogen-bond donors (Lipinski definition) is 0. The van der Waals surface area contributed by atoms with Gasteiger partial charge in [-0.15, -0.1) is 0 Å². The fraction of sp³-hybridized carbons (Fsp3) is 0.500. The molecule has 1 aliphatic rings. The van der Waals surface area contributed by atoms with E-state index in [2.05, 4.69) is 56.9 Å². The maximum absolute atomic E-state index is 5.86. The van der Waals surface area contributed by atoms with Crippen LogP contribution in [0.15, 0.2) is 29.0 Å². The largest absolute Gasteiger partial charge is 0.476 e. The molecule has 0 aromatic carbocycles. The average molecular weight is 378 g/mol. The zero-order valence-electron chi connectivity index (χ0n) is 14.4. The molecule has 0 N–H and O–H groups in total. The highest BCUT2D eigenvalue weighted by Gasteiger charge is 2.49. The maximum atomic E-state index is 5.86. The normalized spacial score (nSPS) is 22.1. The first-order valence-electron chi connectivity index (χ1n) is 8.10. The Morgan fingerprint density at radius 1 is 1.13 bits per heavy atom. The molecule has 2 unspecified atom stereocenters. The molecule has 1 saturated carbocycles. The summed E-state index contributed by atoms with van der Waals surface area (Å²) in [6, 6.07) is 4.25. The van der Waals surface area contributed by atoms with E-state index in [4.69, 9.17) is 4.74 Å². The van der Waals surface area contributed by atoms with Crippen LogP contribution in [0.1, 0.15) is 43.8 Å². The predicted octanol–water partition coefficient (Wildman–Crippen LogP) is 4.71. The van der Waals surface area contributed by atoms with Gasteiger partial charge in [0.25, 0.3) is 0 Å². The number of pyridine rings is 1. The molecule has 0 spiro atoms. The van der Waals surface area contributed by atoms with Crippen LogP contribution in [0.25, 0.3) is 0 Å². The van der Waals surface area contributed by atoms with E-state index in [-0.39, 0.29) is 0 Å². The Hall–Kier alpha value is -1.49. The third kappa shape index (κ3) is 4.28. The van der Waals surface area contributed by atoms with E-state index in [1.54, 1.807) is 6.20 Å². The highest BCUT2D eigenvalue weighted by Crippen LogP contribution is 2.53. The van der Waals surface area contributed by atoms with E-state index in [1.165, 1.54) is 11.3 Å². The summed E-state index contributed by atoms with van der Waals surface area (Å²) in [6.45, 7) is 10.8. The lowest BCUT2D eigenvalue weighted by Crippen LogP contribution is -2.05. The van der Waals surface area contributed by atoms with Gasteiger partial charge in [-0.3, -0.25) is 4.98 Å². The van der Waals surface area contributed by atoms with Crippen LogP contribution in [0.5, 0.6) is 5.88 Å². The van der Waals surface area contributed by atoms with Crippen LogP contribution in [0.2, 0.25) is 0 Å². The van der Waals surface area contributed by atoms with Gasteiger partial charge < -0.3 is 4.74 Å². The third-order valence-electron chi connectivity index (χ3n) is 4.08. The quantitative estimate of drug-likeness (QED) is 0.773. The molecule has 2 heterocycles.